The first kappa shape index (κ1) is 14.6. The molecule has 0 saturated carbocycles. The van der Waals surface area contributed by atoms with E-state index in [-0.39, 0.29) is 0 Å². The van der Waals surface area contributed by atoms with Gasteiger partial charge in [-0.25, -0.2) is 4.98 Å². The summed E-state index contributed by atoms with van der Waals surface area (Å²) in [5.74, 6) is 0. The molecule has 0 saturated heterocycles. The maximum absolute atomic E-state index is 7.14. The van der Waals surface area contributed by atoms with Crippen molar-refractivity contribution in [1.82, 2.24) is 4.98 Å². The standard InChI is InChI=1S/C5H7N3S.C2H6.CH5N/c1-3(6)4-2-9-5(7)8-4;2*1-2/h2,6H,1H3,(H2,7,8);1-2H3;2H2,1H3. The third-order valence-corrected chi connectivity index (χ3v) is 1.58. The normalized spacial score (nSPS) is 7.46. The van der Waals surface area contributed by atoms with Crippen LogP contribution in [0.15, 0.2) is 5.38 Å². The molecule has 0 aliphatic heterocycles. The number of thiazole rings is 1. The second-order valence-corrected chi connectivity index (χ2v) is 2.59. The summed E-state index contributed by atoms with van der Waals surface area (Å²) in [4.78, 5) is 3.88. The van der Waals surface area contributed by atoms with Gasteiger partial charge in [-0.2, -0.15) is 0 Å². The summed E-state index contributed by atoms with van der Waals surface area (Å²) >= 11 is 1.36. The van der Waals surface area contributed by atoms with Crippen molar-refractivity contribution >= 4 is 22.2 Å². The van der Waals surface area contributed by atoms with Gasteiger partial charge < -0.3 is 16.9 Å². The summed E-state index contributed by atoms with van der Waals surface area (Å²) in [6.45, 7) is 5.69. The highest BCUT2D eigenvalue weighted by molar-refractivity contribution is 7.13. The Hall–Kier alpha value is -0.940. The minimum atomic E-state index is 0.461. The van der Waals surface area contributed by atoms with Gasteiger partial charge in [-0.1, -0.05) is 13.8 Å². The summed E-state index contributed by atoms with van der Waals surface area (Å²) in [6.07, 6.45) is 0. The summed E-state index contributed by atoms with van der Waals surface area (Å²) in [6, 6.07) is 0. The van der Waals surface area contributed by atoms with Gasteiger partial charge in [0.1, 0.15) is 0 Å². The molecule has 0 aliphatic rings. The van der Waals surface area contributed by atoms with E-state index in [0.29, 0.717) is 16.5 Å². The summed E-state index contributed by atoms with van der Waals surface area (Å²) < 4.78 is 0. The fourth-order valence-corrected chi connectivity index (χ4v) is 1.07. The molecule has 0 spiro atoms. The average molecular weight is 202 g/mol. The molecule has 0 bridgehead atoms. The van der Waals surface area contributed by atoms with Crippen LogP contribution in [-0.4, -0.2) is 17.7 Å². The van der Waals surface area contributed by atoms with Crippen molar-refractivity contribution in [3.05, 3.63) is 11.1 Å². The Morgan fingerprint density at radius 3 is 2.08 bits per heavy atom. The van der Waals surface area contributed by atoms with Crippen LogP contribution in [0, 0.1) is 5.41 Å². The molecule has 0 aliphatic carbocycles. The van der Waals surface area contributed by atoms with Crippen molar-refractivity contribution in [2.75, 3.05) is 12.8 Å². The van der Waals surface area contributed by atoms with Crippen molar-refractivity contribution in [2.45, 2.75) is 20.8 Å². The monoisotopic (exact) mass is 202 g/mol. The Morgan fingerprint density at radius 2 is 1.92 bits per heavy atom. The van der Waals surface area contributed by atoms with Crippen LogP contribution in [0.3, 0.4) is 0 Å². The maximum Gasteiger partial charge on any atom is 0.180 e. The molecule has 5 N–H and O–H groups in total. The maximum atomic E-state index is 7.14. The predicted molar refractivity (Wildman–Crippen MR) is 60.5 cm³/mol. The van der Waals surface area contributed by atoms with Crippen LogP contribution in [-0.2, 0) is 0 Å². The summed E-state index contributed by atoms with van der Waals surface area (Å²) in [5.41, 5.74) is 11.0. The fraction of sp³-hybridized carbons (Fsp3) is 0.500. The molecule has 1 aromatic heterocycles. The third-order valence-electron chi connectivity index (χ3n) is 0.906. The minimum absolute atomic E-state index is 0.461. The number of hydrogen-bond donors (Lipinski definition) is 3. The van der Waals surface area contributed by atoms with Gasteiger partial charge in [-0.15, -0.1) is 11.3 Å². The molecule has 0 radical (unpaired) electrons. The molecule has 13 heavy (non-hydrogen) atoms. The Balaban J connectivity index is 0. The molecule has 0 aromatic carbocycles. The van der Waals surface area contributed by atoms with Crippen LogP contribution < -0.4 is 11.5 Å². The van der Waals surface area contributed by atoms with Crippen molar-refractivity contribution in [1.29, 1.82) is 5.41 Å². The highest BCUT2D eigenvalue weighted by atomic mass is 32.1. The van der Waals surface area contributed by atoms with Gasteiger partial charge >= 0.3 is 0 Å². The van der Waals surface area contributed by atoms with Crippen LogP contribution in [0.5, 0.6) is 0 Å². The van der Waals surface area contributed by atoms with Crippen molar-refractivity contribution < 1.29 is 0 Å². The third kappa shape index (κ3) is 6.24. The molecule has 0 amide bonds. The molecule has 1 aromatic rings. The molecule has 5 heteroatoms. The zero-order valence-corrected chi connectivity index (χ0v) is 9.40. The van der Waals surface area contributed by atoms with Gasteiger partial charge in [0, 0.05) is 5.38 Å². The number of rotatable bonds is 1. The fourth-order valence-electron chi connectivity index (χ4n) is 0.460. The lowest BCUT2D eigenvalue weighted by atomic mass is 10.3. The van der Waals surface area contributed by atoms with E-state index >= 15 is 0 Å². The molecule has 0 unspecified atom stereocenters. The van der Waals surface area contributed by atoms with E-state index in [4.69, 9.17) is 11.1 Å². The van der Waals surface area contributed by atoms with E-state index in [1.54, 1.807) is 12.3 Å². The second kappa shape index (κ2) is 9.15. The molecular formula is C8H18N4S. The van der Waals surface area contributed by atoms with Crippen LogP contribution in [0.25, 0.3) is 0 Å². The van der Waals surface area contributed by atoms with Crippen molar-refractivity contribution in [2.24, 2.45) is 5.73 Å². The van der Waals surface area contributed by atoms with E-state index in [1.165, 1.54) is 18.4 Å². The Bertz CT molecular complexity index is 232. The van der Waals surface area contributed by atoms with Crippen LogP contribution in [0.1, 0.15) is 26.5 Å². The van der Waals surface area contributed by atoms with Crippen molar-refractivity contribution in [3.63, 3.8) is 0 Å². The van der Waals surface area contributed by atoms with E-state index in [2.05, 4.69) is 10.7 Å². The van der Waals surface area contributed by atoms with Gasteiger partial charge in [0.05, 0.1) is 11.4 Å². The number of nitrogens with two attached hydrogens (primary N) is 2. The first-order valence-electron chi connectivity index (χ1n) is 4.04. The van der Waals surface area contributed by atoms with Gasteiger partial charge in [0.2, 0.25) is 0 Å². The first-order chi connectivity index (χ1) is 6.20. The molecule has 1 rings (SSSR count). The van der Waals surface area contributed by atoms with E-state index in [1.807, 2.05) is 13.8 Å². The zero-order valence-electron chi connectivity index (χ0n) is 8.59. The van der Waals surface area contributed by atoms with E-state index in [9.17, 15) is 0 Å². The second-order valence-electron chi connectivity index (χ2n) is 1.70. The average Bonchev–Trinajstić information content (AvgIpc) is 2.59. The van der Waals surface area contributed by atoms with Gasteiger partial charge in [-0.05, 0) is 14.0 Å². The molecule has 0 atom stereocenters. The first-order valence-corrected chi connectivity index (χ1v) is 4.92. The Morgan fingerprint density at radius 1 is 1.46 bits per heavy atom. The smallest absolute Gasteiger partial charge is 0.180 e. The lowest BCUT2D eigenvalue weighted by Gasteiger charge is -1.84. The van der Waals surface area contributed by atoms with Gasteiger partial charge in [0.15, 0.2) is 5.13 Å². The molecule has 1 heterocycles. The SMILES string of the molecule is CC.CC(=N)c1csc(N)n1.CN. The number of nitrogens with one attached hydrogen (secondary N) is 1. The van der Waals surface area contributed by atoms with Crippen LogP contribution in [0.4, 0.5) is 5.13 Å². The zero-order chi connectivity index (χ0) is 10.9. The molecular weight excluding hydrogens is 184 g/mol. The quantitative estimate of drug-likeness (QED) is 0.606. The topological polar surface area (TPSA) is 88.8 Å². The highest BCUT2D eigenvalue weighted by Gasteiger charge is 1.97. The van der Waals surface area contributed by atoms with Crippen molar-refractivity contribution in [3.8, 4) is 0 Å². The largest absolute Gasteiger partial charge is 0.375 e. The number of aromatic nitrogens is 1. The number of nitrogens with zero attached hydrogens (tertiary/aromatic N) is 1. The lowest BCUT2D eigenvalue weighted by molar-refractivity contribution is 1.34. The summed E-state index contributed by atoms with van der Waals surface area (Å²) in [5, 5.41) is 9.44. The van der Waals surface area contributed by atoms with Crippen LogP contribution >= 0.6 is 11.3 Å². The van der Waals surface area contributed by atoms with Gasteiger partial charge in [-0.3, -0.25) is 0 Å². The predicted octanol–water partition coefficient (Wildman–Crippen LogP) is 1.71. The Kier molecular flexibility index (Phi) is 10.3. The van der Waals surface area contributed by atoms with E-state index in [0.717, 1.165) is 0 Å². The Labute approximate surface area is 83.5 Å². The minimum Gasteiger partial charge on any atom is -0.375 e. The summed E-state index contributed by atoms with van der Waals surface area (Å²) in [7, 11) is 1.50. The number of anilines is 1. The van der Waals surface area contributed by atoms with Gasteiger partial charge in [0.25, 0.3) is 0 Å². The lowest BCUT2D eigenvalue weighted by Crippen LogP contribution is -1.92. The number of hydrogen-bond acceptors (Lipinski definition) is 5. The highest BCUT2D eigenvalue weighted by Crippen LogP contribution is 2.10. The molecule has 0 fully saturated rings. The molecule has 4 nitrogen and oxygen atoms in total. The van der Waals surface area contributed by atoms with E-state index < -0.39 is 0 Å². The van der Waals surface area contributed by atoms with Crippen LogP contribution in [0.2, 0.25) is 0 Å². The number of nitrogen functional groups attached to an aromatic ring is 1. The molecule has 76 valence electrons.